The summed E-state index contributed by atoms with van der Waals surface area (Å²) in [4.78, 5) is 13.0. The average Bonchev–Trinajstić information content (AvgIpc) is 2.52. The molecule has 134 valence electrons. The largest absolute Gasteiger partial charge is 0.341 e. The van der Waals surface area contributed by atoms with Gasteiger partial charge in [0.05, 0.1) is 11.8 Å². The Morgan fingerprint density at radius 2 is 1.79 bits per heavy atom. The fraction of sp³-hybridized carbons (Fsp3) is 0.500. The monoisotopic (exact) mass is 378 g/mol. The first kappa shape index (κ1) is 18.8. The van der Waals surface area contributed by atoms with Crippen LogP contribution in [0.3, 0.4) is 0 Å². The van der Waals surface area contributed by atoms with Gasteiger partial charge in [0.1, 0.15) is 20.5 Å². The molecule has 0 aliphatic carbocycles. The summed E-state index contributed by atoms with van der Waals surface area (Å²) in [5, 5.41) is -0.475. The summed E-state index contributed by atoms with van der Waals surface area (Å²) in [6.45, 7) is -0.00377. The zero-order valence-electron chi connectivity index (χ0n) is 13.1. The van der Waals surface area contributed by atoms with Gasteiger partial charge in [0, 0.05) is 19.3 Å². The van der Waals surface area contributed by atoms with Crippen LogP contribution in [-0.4, -0.2) is 58.8 Å². The van der Waals surface area contributed by atoms with E-state index in [1.165, 1.54) is 17.0 Å². The zero-order valence-corrected chi connectivity index (χ0v) is 14.7. The number of nitrogens with one attached hydrogen (secondary N) is 1. The second kappa shape index (κ2) is 7.16. The molecule has 10 heteroatoms. The van der Waals surface area contributed by atoms with Crippen LogP contribution in [-0.2, 0) is 24.7 Å². The maximum atomic E-state index is 13.5. The third-order valence-electron chi connectivity index (χ3n) is 3.94. The molecule has 1 aromatic carbocycles. The van der Waals surface area contributed by atoms with Crippen LogP contribution >= 0.6 is 0 Å². The smallest absolute Gasteiger partial charge is 0.243 e. The number of benzene rings is 1. The SMILES string of the molecule is CS(=O)(=O)C1CCN(C(=O)CNS(=O)(=O)c2ccccc2F)CC1. The number of nitrogens with zero attached hydrogens (tertiary/aromatic N) is 1. The number of piperidine rings is 1. The molecule has 1 saturated heterocycles. The third kappa shape index (κ3) is 4.52. The van der Waals surface area contributed by atoms with E-state index in [1.54, 1.807) is 0 Å². The summed E-state index contributed by atoms with van der Waals surface area (Å²) < 4.78 is 62.6. The summed E-state index contributed by atoms with van der Waals surface area (Å²) in [6, 6.07) is 4.88. The molecule has 1 fully saturated rings. The zero-order chi connectivity index (χ0) is 18.0. The lowest BCUT2D eigenvalue weighted by molar-refractivity contribution is -0.130. The molecule has 1 heterocycles. The minimum atomic E-state index is -4.13. The highest BCUT2D eigenvalue weighted by Gasteiger charge is 2.29. The van der Waals surface area contributed by atoms with Crippen molar-refractivity contribution in [3.05, 3.63) is 30.1 Å². The second-order valence-electron chi connectivity index (χ2n) is 5.66. The number of carbonyl (C=O) groups is 1. The van der Waals surface area contributed by atoms with Crippen LogP contribution in [0.25, 0.3) is 0 Å². The number of carbonyl (C=O) groups excluding carboxylic acids is 1. The highest BCUT2D eigenvalue weighted by molar-refractivity contribution is 7.91. The first-order valence-corrected chi connectivity index (χ1v) is 10.8. The van der Waals surface area contributed by atoms with E-state index in [1.807, 2.05) is 0 Å². The van der Waals surface area contributed by atoms with Crippen LogP contribution in [0.2, 0.25) is 0 Å². The first-order valence-electron chi connectivity index (χ1n) is 7.32. The fourth-order valence-corrected chi connectivity index (χ4v) is 4.66. The van der Waals surface area contributed by atoms with Gasteiger partial charge in [-0.15, -0.1) is 0 Å². The predicted molar refractivity (Wildman–Crippen MR) is 86.0 cm³/mol. The Kier molecular flexibility index (Phi) is 5.61. The van der Waals surface area contributed by atoms with Crippen LogP contribution in [0, 0.1) is 5.82 Å². The van der Waals surface area contributed by atoms with Crippen LogP contribution in [0.5, 0.6) is 0 Å². The molecule has 0 saturated carbocycles. The van der Waals surface area contributed by atoms with Gasteiger partial charge >= 0.3 is 0 Å². The molecular formula is C14H19FN2O5S2. The van der Waals surface area contributed by atoms with Crippen molar-refractivity contribution in [2.45, 2.75) is 23.0 Å². The summed E-state index contributed by atoms with van der Waals surface area (Å²) >= 11 is 0. The minimum Gasteiger partial charge on any atom is -0.341 e. The number of rotatable bonds is 5. The average molecular weight is 378 g/mol. The predicted octanol–water partition coefficient (Wildman–Crippen LogP) is 0.140. The van der Waals surface area contributed by atoms with E-state index in [4.69, 9.17) is 0 Å². The number of halogens is 1. The third-order valence-corrected chi connectivity index (χ3v) is 7.06. The van der Waals surface area contributed by atoms with Gasteiger partial charge in [-0.05, 0) is 25.0 Å². The number of likely N-dealkylation sites (tertiary alicyclic amines) is 1. The van der Waals surface area contributed by atoms with Crippen molar-refractivity contribution in [3.8, 4) is 0 Å². The van der Waals surface area contributed by atoms with Crippen LogP contribution in [0.15, 0.2) is 29.2 Å². The van der Waals surface area contributed by atoms with Gasteiger partial charge in [0.15, 0.2) is 0 Å². The van der Waals surface area contributed by atoms with Crippen LogP contribution < -0.4 is 4.72 Å². The molecule has 0 radical (unpaired) electrons. The van der Waals surface area contributed by atoms with Crippen molar-refractivity contribution in [2.75, 3.05) is 25.9 Å². The standard InChI is InChI=1S/C14H19FN2O5S2/c1-23(19,20)11-6-8-17(9-7-11)14(18)10-16-24(21,22)13-5-3-2-4-12(13)15/h2-5,11,16H,6-10H2,1H3. The highest BCUT2D eigenvalue weighted by atomic mass is 32.2. The van der Waals surface area contributed by atoms with E-state index in [2.05, 4.69) is 4.72 Å². The van der Waals surface area contributed by atoms with E-state index < -0.39 is 48.3 Å². The molecule has 1 aliphatic rings. The summed E-state index contributed by atoms with van der Waals surface area (Å²) in [7, 11) is -7.27. The molecule has 7 nitrogen and oxygen atoms in total. The first-order chi connectivity index (χ1) is 11.1. The maximum Gasteiger partial charge on any atom is 0.243 e. The molecule has 0 bridgehead atoms. The van der Waals surface area contributed by atoms with Gasteiger partial charge in [0.25, 0.3) is 0 Å². The Hall–Kier alpha value is -1.52. The molecule has 2 rings (SSSR count). The molecule has 1 aromatic rings. The Bertz CT molecular complexity index is 815. The molecule has 24 heavy (non-hydrogen) atoms. The molecule has 1 amide bonds. The normalized spacial score (nSPS) is 17.0. The molecule has 0 aromatic heterocycles. The lowest BCUT2D eigenvalue weighted by Crippen LogP contribution is -2.46. The lowest BCUT2D eigenvalue weighted by atomic mass is 10.1. The Morgan fingerprint density at radius 3 is 2.33 bits per heavy atom. The fourth-order valence-electron chi connectivity index (χ4n) is 2.54. The topological polar surface area (TPSA) is 101 Å². The molecular weight excluding hydrogens is 359 g/mol. The lowest BCUT2D eigenvalue weighted by Gasteiger charge is -2.31. The minimum absolute atomic E-state index is 0.248. The van der Waals surface area contributed by atoms with Crippen molar-refractivity contribution in [2.24, 2.45) is 0 Å². The summed E-state index contributed by atoms with van der Waals surface area (Å²) in [6.07, 6.45) is 1.81. The number of hydrogen-bond acceptors (Lipinski definition) is 5. The quantitative estimate of drug-likeness (QED) is 0.785. The highest BCUT2D eigenvalue weighted by Crippen LogP contribution is 2.17. The van der Waals surface area contributed by atoms with Gasteiger partial charge in [-0.1, -0.05) is 12.1 Å². The number of sulfonamides is 1. The van der Waals surface area contributed by atoms with Crippen molar-refractivity contribution in [3.63, 3.8) is 0 Å². The summed E-state index contributed by atoms with van der Waals surface area (Å²) in [5.74, 6) is -1.37. The molecule has 0 spiro atoms. The molecule has 0 unspecified atom stereocenters. The summed E-state index contributed by atoms with van der Waals surface area (Å²) in [5.41, 5.74) is 0. The van der Waals surface area contributed by atoms with E-state index in [9.17, 15) is 26.0 Å². The Labute approximate surface area is 140 Å². The van der Waals surface area contributed by atoms with Gasteiger partial charge in [-0.2, -0.15) is 0 Å². The van der Waals surface area contributed by atoms with E-state index in [0.29, 0.717) is 12.8 Å². The van der Waals surface area contributed by atoms with Crippen molar-refractivity contribution in [1.82, 2.24) is 9.62 Å². The van der Waals surface area contributed by atoms with E-state index in [0.717, 1.165) is 18.4 Å². The second-order valence-corrected chi connectivity index (χ2v) is 9.73. The Balaban J connectivity index is 1.93. The number of amides is 1. The van der Waals surface area contributed by atoms with E-state index >= 15 is 0 Å². The van der Waals surface area contributed by atoms with Crippen molar-refractivity contribution >= 4 is 25.8 Å². The molecule has 1 aliphatic heterocycles. The van der Waals surface area contributed by atoms with Crippen molar-refractivity contribution in [1.29, 1.82) is 0 Å². The van der Waals surface area contributed by atoms with Gasteiger partial charge < -0.3 is 4.90 Å². The van der Waals surface area contributed by atoms with Gasteiger partial charge in [-0.3, -0.25) is 4.79 Å². The Morgan fingerprint density at radius 1 is 1.21 bits per heavy atom. The number of hydrogen-bond donors (Lipinski definition) is 1. The van der Waals surface area contributed by atoms with Gasteiger partial charge in [-0.25, -0.2) is 25.9 Å². The van der Waals surface area contributed by atoms with Gasteiger partial charge in [0.2, 0.25) is 15.9 Å². The van der Waals surface area contributed by atoms with Crippen LogP contribution in [0.1, 0.15) is 12.8 Å². The maximum absolute atomic E-state index is 13.5. The number of sulfone groups is 1. The molecule has 1 N–H and O–H groups in total. The molecule has 0 atom stereocenters. The van der Waals surface area contributed by atoms with Crippen LogP contribution in [0.4, 0.5) is 4.39 Å². The van der Waals surface area contributed by atoms with Crippen molar-refractivity contribution < 1.29 is 26.0 Å². The van der Waals surface area contributed by atoms with E-state index in [-0.39, 0.29) is 13.1 Å².